The van der Waals surface area contributed by atoms with Crippen molar-refractivity contribution in [2.24, 2.45) is 0 Å². The first kappa shape index (κ1) is 13.8. The Morgan fingerprint density at radius 1 is 1.05 bits per heavy atom. The van der Waals surface area contributed by atoms with Gasteiger partial charge in [0.25, 0.3) is 0 Å². The maximum Gasteiger partial charge on any atom is 0.178 e. The fourth-order valence-electron chi connectivity index (χ4n) is 1.91. The van der Waals surface area contributed by atoms with E-state index in [2.05, 4.69) is 15.0 Å². The van der Waals surface area contributed by atoms with Crippen molar-refractivity contribution in [1.29, 1.82) is 0 Å². The van der Waals surface area contributed by atoms with Gasteiger partial charge in [-0.25, -0.2) is 9.97 Å². The number of hydrogen-bond donors (Lipinski definition) is 0. The van der Waals surface area contributed by atoms with E-state index < -0.39 is 0 Å². The Balaban J connectivity index is 2.00. The summed E-state index contributed by atoms with van der Waals surface area (Å²) in [6.45, 7) is 5.26. The van der Waals surface area contributed by atoms with E-state index in [9.17, 15) is 0 Å². The fraction of sp³-hybridized carbons (Fsp3) is 0.500. The zero-order valence-electron chi connectivity index (χ0n) is 11.4. The molecule has 19 heavy (non-hydrogen) atoms. The fourth-order valence-corrected chi connectivity index (χ4v) is 1.91. The van der Waals surface area contributed by atoms with E-state index in [1.54, 1.807) is 12.4 Å². The third kappa shape index (κ3) is 3.94. The van der Waals surface area contributed by atoms with Crippen LogP contribution in [0.25, 0.3) is 11.2 Å². The van der Waals surface area contributed by atoms with Gasteiger partial charge in [-0.1, -0.05) is 0 Å². The van der Waals surface area contributed by atoms with Crippen LogP contribution in [0.3, 0.4) is 0 Å². The molecule has 2 aromatic rings. The minimum absolute atomic E-state index is 0.146. The van der Waals surface area contributed by atoms with Crippen molar-refractivity contribution in [3.63, 3.8) is 0 Å². The van der Waals surface area contributed by atoms with Crippen LogP contribution in [0.15, 0.2) is 24.7 Å². The lowest BCUT2D eigenvalue weighted by Crippen LogP contribution is -2.18. The summed E-state index contributed by atoms with van der Waals surface area (Å²) in [6, 6.07) is 2.02. The van der Waals surface area contributed by atoms with Crippen LogP contribution in [-0.4, -0.2) is 34.5 Å². The minimum atomic E-state index is -0.146. The summed E-state index contributed by atoms with van der Waals surface area (Å²) < 4.78 is 11.0. The van der Waals surface area contributed by atoms with Crippen molar-refractivity contribution in [3.05, 3.63) is 30.2 Å². The van der Waals surface area contributed by atoms with E-state index in [-0.39, 0.29) is 6.29 Å². The summed E-state index contributed by atoms with van der Waals surface area (Å²) in [7, 11) is 0. The molecule has 0 aliphatic carbocycles. The topological polar surface area (TPSA) is 57.1 Å². The van der Waals surface area contributed by atoms with E-state index in [1.165, 1.54) is 0 Å². The van der Waals surface area contributed by atoms with Crippen molar-refractivity contribution in [2.75, 3.05) is 13.2 Å². The molecular formula is C14H19N3O2. The molecule has 0 amide bonds. The second-order valence-electron chi connectivity index (χ2n) is 4.12. The third-order valence-electron chi connectivity index (χ3n) is 2.75. The van der Waals surface area contributed by atoms with Crippen molar-refractivity contribution >= 4 is 11.2 Å². The first-order valence-corrected chi connectivity index (χ1v) is 6.62. The van der Waals surface area contributed by atoms with Crippen LogP contribution in [0, 0.1) is 0 Å². The van der Waals surface area contributed by atoms with Crippen molar-refractivity contribution < 1.29 is 9.47 Å². The second-order valence-corrected chi connectivity index (χ2v) is 4.12. The smallest absolute Gasteiger partial charge is 0.178 e. The number of rotatable bonds is 7. The molecule has 0 aliphatic heterocycles. The Hall–Kier alpha value is -1.59. The molecular weight excluding hydrogens is 242 g/mol. The summed E-state index contributed by atoms with van der Waals surface area (Å²) in [4.78, 5) is 12.7. The number of hydrogen-bond acceptors (Lipinski definition) is 5. The van der Waals surface area contributed by atoms with Crippen molar-refractivity contribution in [1.82, 2.24) is 15.0 Å². The molecule has 0 saturated heterocycles. The highest BCUT2D eigenvalue weighted by atomic mass is 16.7. The zero-order chi connectivity index (χ0) is 13.5. The summed E-state index contributed by atoms with van der Waals surface area (Å²) in [5, 5.41) is 0. The van der Waals surface area contributed by atoms with E-state index in [4.69, 9.17) is 9.47 Å². The Morgan fingerprint density at radius 3 is 2.53 bits per heavy atom. The van der Waals surface area contributed by atoms with Crippen LogP contribution in [0.4, 0.5) is 0 Å². The van der Waals surface area contributed by atoms with Crippen molar-refractivity contribution in [2.45, 2.75) is 33.0 Å². The molecule has 0 aromatic carbocycles. The molecule has 0 unspecified atom stereocenters. The molecule has 0 radical (unpaired) electrons. The second kappa shape index (κ2) is 7.11. The van der Waals surface area contributed by atoms with Gasteiger partial charge in [0.15, 0.2) is 11.9 Å². The predicted octanol–water partition coefficient (Wildman–Crippen LogP) is 2.36. The lowest BCUT2D eigenvalue weighted by atomic mass is 10.1. The molecule has 0 spiro atoms. The quantitative estimate of drug-likeness (QED) is 0.716. The highest BCUT2D eigenvalue weighted by Crippen LogP contribution is 2.12. The lowest BCUT2D eigenvalue weighted by molar-refractivity contribution is -0.139. The van der Waals surface area contributed by atoms with Crippen LogP contribution in [0.2, 0.25) is 0 Å². The average Bonchev–Trinajstić information content (AvgIpc) is 2.45. The van der Waals surface area contributed by atoms with Gasteiger partial charge in [0.2, 0.25) is 0 Å². The van der Waals surface area contributed by atoms with Crippen LogP contribution >= 0.6 is 0 Å². The van der Waals surface area contributed by atoms with Gasteiger partial charge < -0.3 is 9.47 Å². The predicted molar refractivity (Wildman–Crippen MR) is 72.7 cm³/mol. The largest absolute Gasteiger partial charge is 0.353 e. The van der Waals surface area contributed by atoms with Gasteiger partial charge in [-0.2, -0.15) is 0 Å². The maximum absolute atomic E-state index is 5.52. The first-order chi connectivity index (χ1) is 9.33. The number of aromatic nitrogens is 3. The molecule has 5 nitrogen and oxygen atoms in total. The van der Waals surface area contributed by atoms with Crippen LogP contribution < -0.4 is 0 Å². The standard InChI is InChI=1S/C14H19N3O2/c1-3-18-13(19-4-2)6-5-11-9-12-14(17-10-11)16-8-7-15-12/h7-10,13H,3-6H2,1-2H3. The van der Waals surface area contributed by atoms with E-state index in [0.717, 1.165) is 23.9 Å². The van der Waals surface area contributed by atoms with E-state index in [0.29, 0.717) is 18.9 Å². The Morgan fingerprint density at radius 2 is 1.79 bits per heavy atom. The number of aryl methyl sites for hydroxylation is 1. The van der Waals surface area contributed by atoms with Gasteiger partial charge in [-0.3, -0.25) is 4.98 Å². The van der Waals surface area contributed by atoms with Gasteiger partial charge in [-0.15, -0.1) is 0 Å². The Kier molecular flexibility index (Phi) is 5.18. The van der Waals surface area contributed by atoms with Crippen LogP contribution in [0.1, 0.15) is 25.8 Å². The molecule has 2 rings (SSSR count). The van der Waals surface area contributed by atoms with Crippen LogP contribution in [0.5, 0.6) is 0 Å². The van der Waals surface area contributed by atoms with E-state index in [1.807, 2.05) is 26.1 Å². The summed E-state index contributed by atoms with van der Waals surface area (Å²) >= 11 is 0. The summed E-state index contributed by atoms with van der Waals surface area (Å²) in [6.07, 6.45) is 6.69. The zero-order valence-corrected chi connectivity index (χ0v) is 11.4. The molecule has 0 bridgehead atoms. The molecule has 5 heteroatoms. The molecule has 0 aliphatic rings. The third-order valence-corrected chi connectivity index (χ3v) is 2.75. The van der Waals surface area contributed by atoms with Gasteiger partial charge >= 0.3 is 0 Å². The highest BCUT2D eigenvalue weighted by Gasteiger charge is 2.08. The van der Waals surface area contributed by atoms with E-state index >= 15 is 0 Å². The monoisotopic (exact) mass is 261 g/mol. The van der Waals surface area contributed by atoms with Gasteiger partial charge in [-0.05, 0) is 31.9 Å². The molecule has 0 saturated carbocycles. The Labute approximate surface area is 113 Å². The molecule has 2 heterocycles. The summed E-state index contributed by atoms with van der Waals surface area (Å²) in [5.41, 5.74) is 2.62. The van der Waals surface area contributed by atoms with Gasteiger partial charge in [0.1, 0.15) is 5.52 Å². The number of ether oxygens (including phenoxy) is 2. The minimum Gasteiger partial charge on any atom is -0.353 e. The number of pyridine rings is 1. The summed E-state index contributed by atoms with van der Waals surface area (Å²) in [5.74, 6) is 0. The normalized spacial score (nSPS) is 11.3. The lowest BCUT2D eigenvalue weighted by Gasteiger charge is -2.16. The van der Waals surface area contributed by atoms with Crippen molar-refractivity contribution in [3.8, 4) is 0 Å². The number of fused-ring (bicyclic) bond motifs is 1. The molecule has 102 valence electrons. The SMILES string of the molecule is CCOC(CCc1cnc2nccnc2c1)OCC. The molecule has 0 N–H and O–H groups in total. The van der Waals surface area contributed by atoms with Gasteiger partial charge in [0, 0.05) is 38.2 Å². The molecule has 2 aromatic heterocycles. The first-order valence-electron chi connectivity index (χ1n) is 6.62. The molecule has 0 atom stereocenters. The average molecular weight is 261 g/mol. The molecule has 0 fully saturated rings. The Bertz CT molecular complexity index is 513. The highest BCUT2D eigenvalue weighted by molar-refractivity contribution is 5.69. The van der Waals surface area contributed by atoms with Gasteiger partial charge in [0.05, 0.1) is 0 Å². The van der Waals surface area contributed by atoms with Crippen LogP contribution in [-0.2, 0) is 15.9 Å². The maximum atomic E-state index is 5.52. The number of nitrogens with zero attached hydrogens (tertiary/aromatic N) is 3.